The molecular formula is C29H25N5O5. The standard InChI is InChI=1S/C29H25N5O5/c1-18-25(27(35)31-21-7-5-4-6-8-21)26(20-11-15-23(16-12-20)34(37)38)33-28(36)24(39-29(33)30-18)17-19-9-13-22(14-10-19)32(2)3/h4-17,26H,1-3H3,(H,31,35)/b24-17-. The molecular weight excluding hydrogens is 498 g/mol. The molecule has 39 heavy (non-hydrogen) atoms. The number of allylic oxidation sites excluding steroid dienone is 1. The normalized spacial score (nSPS) is 14.9. The van der Waals surface area contributed by atoms with Gasteiger partial charge in [0, 0.05) is 37.6 Å². The third-order valence-corrected chi connectivity index (χ3v) is 6.42. The van der Waals surface area contributed by atoms with E-state index in [1.807, 2.05) is 49.3 Å². The number of carbonyl (C=O) groups is 1. The van der Waals surface area contributed by atoms with Gasteiger partial charge in [-0.25, -0.2) is 9.56 Å². The van der Waals surface area contributed by atoms with Crippen LogP contribution in [0.4, 0.5) is 17.1 Å². The number of nitro benzene ring substituents is 1. The van der Waals surface area contributed by atoms with Gasteiger partial charge in [-0.1, -0.05) is 30.3 Å². The molecule has 0 bridgehead atoms. The second-order valence-corrected chi connectivity index (χ2v) is 9.24. The predicted molar refractivity (Wildman–Crippen MR) is 147 cm³/mol. The summed E-state index contributed by atoms with van der Waals surface area (Å²) in [5.41, 5.74) is 2.92. The first-order chi connectivity index (χ1) is 18.7. The van der Waals surface area contributed by atoms with Crippen LogP contribution in [0.1, 0.15) is 24.1 Å². The molecule has 1 N–H and O–H groups in total. The van der Waals surface area contributed by atoms with Gasteiger partial charge in [-0.2, -0.15) is 0 Å². The van der Waals surface area contributed by atoms with E-state index in [2.05, 4.69) is 10.3 Å². The lowest BCUT2D eigenvalue weighted by Crippen LogP contribution is -2.40. The van der Waals surface area contributed by atoms with Gasteiger partial charge in [0.1, 0.15) is 0 Å². The fourth-order valence-corrected chi connectivity index (χ4v) is 4.45. The molecule has 1 amide bonds. The van der Waals surface area contributed by atoms with E-state index in [0.29, 0.717) is 16.9 Å². The third kappa shape index (κ3) is 4.99. The van der Waals surface area contributed by atoms with Crippen molar-refractivity contribution in [2.24, 2.45) is 4.99 Å². The SMILES string of the molecule is CC1=C(C(=O)Nc2ccccc2)C(c2ccc([N+](=O)[O-])cc2)n2c(o/c(=C\c3ccc(N(C)C)cc3)c2=O)=N1. The molecule has 0 spiro atoms. The smallest absolute Gasteiger partial charge is 0.306 e. The summed E-state index contributed by atoms with van der Waals surface area (Å²) in [5.74, 6) is -0.450. The largest absolute Gasteiger partial charge is 0.419 e. The van der Waals surface area contributed by atoms with Crippen LogP contribution in [0.15, 0.2) is 104 Å². The molecule has 0 saturated carbocycles. The van der Waals surface area contributed by atoms with E-state index >= 15 is 0 Å². The van der Waals surface area contributed by atoms with Gasteiger partial charge in [-0.05, 0) is 60.5 Å². The Kier molecular flexibility index (Phi) is 6.68. The number of rotatable bonds is 6. The van der Waals surface area contributed by atoms with Crippen LogP contribution in [-0.2, 0) is 4.79 Å². The minimum atomic E-state index is -0.920. The zero-order valence-corrected chi connectivity index (χ0v) is 21.5. The van der Waals surface area contributed by atoms with E-state index in [0.717, 1.165) is 11.3 Å². The summed E-state index contributed by atoms with van der Waals surface area (Å²) in [6.07, 6.45) is 1.62. The topological polar surface area (TPSA) is 123 Å². The second kappa shape index (κ2) is 10.3. The number of anilines is 2. The number of fused-ring (bicyclic) bond motifs is 1. The Balaban J connectivity index is 1.65. The van der Waals surface area contributed by atoms with Crippen LogP contribution >= 0.6 is 0 Å². The van der Waals surface area contributed by atoms with Gasteiger partial charge in [0.25, 0.3) is 17.2 Å². The number of nitrogens with zero attached hydrogens (tertiary/aromatic N) is 4. The zero-order chi connectivity index (χ0) is 27.7. The molecule has 0 radical (unpaired) electrons. The maximum Gasteiger partial charge on any atom is 0.306 e. The Morgan fingerprint density at radius 2 is 1.72 bits per heavy atom. The maximum atomic E-state index is 13.7. The summed E-state index contributed by atoms with van der Waals surface area (Å²) in [6.45, 7) is 1.66. The zero-order valence-electron chi connectivity index (χ0n) is 21.5. The van der Waals surface area contributed by atoms with Crippen LogP contribution in [0, 0.1) is 10.1 Å². The summed E-state index contributed by atoms with van der Waals surface area (Å²) < 4.78 is 7.21. The molecule has 1 unspecified atom stereocenters. The van der Waals surface area contributed by atoms with Crippen LogP contribution in [0.5, 0.6) is 0 Å². The molecule has 2 heterocycles. The molecule has 5 rings (SSSR count). The third-order valence-electron chi connectivity index (χ3n) is 6.42. The second-order valence-electron chi connectivity index (χ2n) is 9.24. The van der Waals surface area contributed by atoms with E-state index in [4.69, 9.17) is 4.42 Å². The molecule has 1 aliphatic rings. The number of oxazole rings is 1. The molecule has 0 fully saturated rings. The molecule has 0 aliphatic carbocycles. The summed E-state index contributed by atoms with van der Waals surface area (Å²) in [6, 6.07) is 21.3. The van der Waals surface area contributed by atoms with E-state index in [9.17, 15) is 19.7 Å². The number of nitro groups is 1. The van der Waals surface area contributed by atoms with Gasteiger partial charge < -0.3 is 14.6 Å². The van der Waals surface area contributed by atoms with Crippen molar-refractivity contribution in [1.29, 1.82) is 0 Å². The molecule has 3 aromatic carbocycles. The van der Waals surface area contributed by atoms with Crippen molar-refractivity contribution in [3.05, 3.63) is 133 Å². The first-order valence-electron chi connectivity index (χ1n) is 12.1. The van der Waals surface area contributed by atoms with E-state index in [1.165, 1.54) is 28.8 Å². The Morgan fingerprint density at radius 1 is 1.05 bits per heavy atom. The predicted octanol–water partition coefficient (Wildman–Crippen LogP) is 3.38. The molecule has 10 nitrogen and oxygen atoms in total. The number of benzene rings is 3. The fraction of sp³-hybridized carbons (Fsp3) is 0.138. The molecule has 4 aromatic rings. The van der Waals surface area contributed by atoms with Gasteiger partial charge in [-0.3, -0.25) is 19.7 Å². The summed E-state index contributed by atoms with van der Waals surface area (Å²) >= 11 is 0. The lowest BCUT2D eigenvalue weighted by molar-refractivity contribution is -0.384. The maximum absolute atomic E-state index is 13.7. The van der Waals surface area contributed by atoms with Crippen LogP contribution in [0.3, 0.4) is 0 Å². The van der Waals surface area contributed by atoms with E-state index < -0.39 is 22.4 Å². The Bertz CT molecular complexity index is 1770. The van der Waals surface area contributed by atoms with Gasteiger partial charge >= 0.3 is 5.68 Å². The van der Waals surface area contributed by atoms with Crippen LogP contribution in [-0.4, -0.2) is 29.5 Å². The van der Waals surface area contributed by atoms with Crippen molar-refractivity contribution in [1.82, 2.24) is 4.57 Å². The molecule has 1 atom stereocenters. The number of non-ortho nitro benzene ring substituents is 1. The molecule has 196 valence electrons. The fourth-order valence-electron chi connectivity index (χ4n) is 4.45. The molecule has 0 saturated heterocycles. The highest BCUT2D eigenvalue weighted by Crippen LogP contribution is 2.31. The summed E-state index contributed by atoms with van der Waals surface area (Å²) in [7, 11) is 3.87. The average Bonchev–Trinajstić information content (AvgIpc) is 3.22. The quantitative estimate of drug-likeness (QED) is 0.305. The monoisotopic (exact) mass is 523 g/mol. The first kappa shape index (κ1) is 25.4. The Labute approximate surface area is 223 Å². The molecule has 1 aromatic heterocycles. The van der Waals surface area contributed by atoms with Crippen molar-refractivity contribution < 1.29 is 14.1 Å². The minimum absolute atomic E-state index is 0.0354. The summed E-state index contributed by atoms with van der Waals surface area (Å²) in [5, 5.41) is 14.1. The highest BCUT2D eigenvalue weighted by atomic mass is 16.6. The minimum Gasteiger partial charge on any atom is -0.419 e. The lowest BCUT2D eigenvalue weighted by Gasteiger charge is -2.24. The van der Waals surface area contributed by atoms with Gasteiger partial charge in [0.2, 0.25) is 0 Å². The van der Waals surface area contributed by atoms with Crippen LogP contribution in [0.25, 0.3) is 6.08 Å². The number of hydrogen-bond donors (Lipinski definition) is 1. The number of para-hydroxylation sites is 1. The number of amides is 1. The van der Waals surface area contributed by atoms with Gasteiger partial charge in [-0.15, -0.1) is 0 Å². The molecule has 10 heteroatoms. The number of carbonyl (C=O) groups excluding carboxylic acids is 1. The van der Waals surface area contributed by atoms with E-state index in [1.54, 1.807) is 37.3 Å². The number of aromatic nitrogens is 1. The van der Waals surface area contributed by atoms with Crippen LogP contribution in [0.2, 0.25) is 0 Å². The summed E-state index contributed by atoms with van der Waals surface area (Å²) in [4.78, 5) is 44.4. The van der Waals surface area contributed by atoms with Crippen molar-refractivity contribution >= 4 is 29.0 Å². The Hall–Kier alpha value is -5.25. The van der Waals surface area contributed by atoms with Crippen molar-refractivity contribution in [2.75, 3.05) is 24.3 Å². The van der Waals surface area contributed by atoms with Gasteiger partial charge in [0.05, 0.1) is 22.2 Å². The number of nitrogens with one attached hydrogen (secondary N) is 1. The van der Waals surface area contributed by atoms with E-state index in [-0.39, 0.29) is 22.4 Å². The van der Waals surface area contributed by atoms with Crippen LogP contribution < -0.4 is 26.9 Å². The van der Waals surface area contributed by atoms with Crippen molar-refractivity contribution in [2.45, 2.75) is 13.0 Å². The Morgan fingerprint density at radius 3 is 2.33 bits per heavy atom. The lowest BCUT2D eigenvalue weighted by atomic mass is 9.95. The highest BCUT2D eigenvalue weighted by molar-refractivity contribution is 6.05. The first-order valence-corrected chi connectivity index (χ1v) is 12.1. The van der Waals surface area contributed by atoms with Crippen molar-refractivity contribution in [3.63, 3.8) is 0 Å². The number of hydrogen-bond acceptors (Lipinski definition) is 7. The molecule has 1 aliphatic heterocycles. The average molecular weight is 524 g/mol. The van der Waals surface area contributed by atoms with Gasteiger partial charge in [0.15, 0.2) is 5.42 Å². The highest BCUT2D eigenvalue weighted by Gasteiger charge is 2.33. The van der Waals surface area contributed by atoms with Crippen molar-refractivity contribution in [3.8, 4) is 0 Å².